The minimum atomic E-state index is -0.380. The monoisotopic (exact) mass is 417 g/mol. The molecular formula is C22H28FN3O2S. The van der Waals surface area contributed by atoms with Gasteiger partial charge in [0.05, 0.1) is 17.0 Å². The SMILES string of the molecule is Cc1ccc(NC(=O)CSC(C)C(=O)NCC(c2cccc(F)c2)N(C)C)cc1. The van der Waals surface area contributed by atoms with Gasteiger partial charge in [-0.15, -0.1) is 11.8 Å². The lowest BCUT2D eigenvalue weighted by Crippen LogP contribution is -2.38. The summed E-state index contributed by atoms with van der Waals surface area (Å²) in [6.45, 7) is 4.11. The van der Waals surface area contributed by atoms with E-state index in [1.54, 1.807) is 13.0 Å². The smallest absolute Gasteiger partial charge is 0.234 e. The predicted molar refractivity (Wildman–Crippen MR) is 118 cm³/mol. The summed E-state index contributed by atoms with van der Waals surface area (Å²) in [5.74, 6) is -0.418. The molecule has 2 aromatic carbocycles. The first kappa shape index (κ1) is 22.9. The number of thioether (sulfide) groups is 1. The first-order valence-electron chi connectivity index (χ1n) is 9.44. The molecule has 0 aliphatic carbocycles. The van der Waals surface area contributed by atoms with Gasteiger partial charge in [-0.05, 0) is 57.8 Å². The molecule has 0 saturated heterocycles. The molecule has 29 heavy (non-hydrogen) atoms. The van der Waals surface area contributed by atoms with E-state index >= 15 is 0 Å². The lowest BCUT2D eigenvalue weighted by Gasteiger charge is -2.25. The van der Waals surface area contributed by atoms with Crippen LogP contribution < -0.4 is 10.6 Å². The molecule has 0 saturated carbocycles. The number of halogens is 1. The number of benzene rings is 2. The third-order valence-electron chi connectivity index (χ3n) is 4.50. The van der Waals surface area contributed by atoms with E-state index in [4.69, 9.17) is 0 Å². The minimum absolute atomic E-state index is 0.142. The van der Waals surface area contributed by atoms with Crippen LogP contribution in [0.4, 0.5) is 10.1 Å². The van der Waals surface area contributed by atoms with Crippen molar-refractivity contribution in [1.82, 2.24) is 10.2 Å². The van der Waals surface area contributed by atoms with Gasteiger partial charge in [0, 0.05) is 12.2 Å². The molecule has 0 aliphatic heterocycles. The molecular weight excluding hydrogens is 389 g/mol. The number of amides is 2. The van der Waals surface area contributed by atoms with Crippen molar-refractivity contribution in [2.75, 3.05) is 31.7 Å². The van der Waals surface area contributed by atoms with Crippen molar-refractivity contribution in [2.45, 2.75) is 25.1 Å². The zero-order valence-electron chi connectivity index (χ0n) is 17.2. The minimum Gasteiger partial charge on any atom is -0.353 e. The third kappa shape index (κ3) is 7.51. The fourth-order valence-electron chi connectivity index (χ4n) is 2.76. The van der Waals surface area contributed by atoms with Crippen LogP contribution in [-0.4, -0.2) is 48.4 Å². The van der Waals surface area contributed by atoms with Crippen LogP contribution in [0.2, 0.25) is 0 Å². The number of nitrogens with zero attached hydrogens (tertiary/aromatic N) is 1. The van der Waals surface area contributed by atoms with Crippen LogP contribution in [0.25, 0.3) is 0 Å². The Kier molecular flexibility index (Phi) is 8.67. The van der Waals surface area contributed by atoms with Crippen LogP contribution in [0, 0.1) is 12.7 Å². The number of aryl methyl sites for hydroxylation is 1. The average Bonchev–Trinajstić information content (AvgIpc) is 2.67. The molecule has 2 atom stereocenters. The number of nitrogens with one attached hydrogen (secondary N) is 2. The Balaban J connectivity index is 1.81. The maximum Gasteiger partial charge on any atom is 0.234 e. The molecule has 0 bridgehead atoms. The average molecular weight is 418 g/mol. The van der Waals surface area contributed by atoms with E-state index < -0.39 is 0 Å². The topological polar surface area (TPSA) is 61.4 Å². The zero-order chi connectivity index (χ0) is 21.4. The van der Waals surface area contributed by atoms with Crippen LogP contribution >= 0.6 is 11.8 Å². The van der Waals surface area contributed by atoms with E-state index in [9.17, 15) is 14.0 Å². The van der Waals surface area contributed by atoms with E-state index in [1.807, 2.05) is 56.3 Å². The van der Waals surface area contributed by atoms with Gasteiger partial charge < -0.3 is 15.5 Å². The quantitative estimate of drug-likeness (QED) is 0.654. The highest BCUT2D eigenvalue weighted by Crippen LogP contribution is 2.19. The van der Waals surface area contributed by atoms with Gasteiger partial charge in [0.25, 0.3) is 0 Å². The Morgan fingerprint density at radius 1 is 1.14 bits per heavy atom. The summed E-state index contributed by atoms with van der Waals surface area (Å²) < 4.78 is 13.5. The number of carbonyl (C=O) groups excluding carboxylic acids is 2. The Bertz CT molecular complexity index is 827. The zero-order valence-corrected chi connectivity index (χ0v) is 18.1. The van der Waals surface area contributed by atoms with Gasteiger partial charge in [0.15, 0.2) is 0 Å². The van der Waals surface area contributed by atoms with Crippen LogP contribution in [0.15, 0.2) is 48.5 Å². The van der Waals surface area contributed by atoms with E-state index in [0.717, 1.165) is 16.8 Å². The van der Waals surface area contributed by atoms with E-state index in [2.05, 4.69) is 10.6 Å². The number of anilines is 1. The molecule has 0 spiro atoms. The van der Waals surface area contributed by atoms with E-state index in [0.29, 0.717) is 6.54 Å². The van der Waals surface area contributed by atoms with Gasteiger partial charge in [-0.3, -0.25) is 9.59 Å². The van der Waals surface area contributed by atoms with Gasteiger partial charge >= 0.3 is 0 Å². The molecule has 2 N–H and O–H groups in total. The molecule has 2 aromatic rings. The summed E-state index contributed by atoms with van der Waals surface area (Å²) in [7, 11) is 3.77. The molecule has 2 unspecified atom stereocenters. The highest BCUT2D eigenvalue weighted by Gasteiger charge is 2.19. The molecule has 5 nitrogen and oxygen atoms in total. The van der Waals surface area contributed by atoms with Crippen LogP contribution in [0.3, 0.4) is 0 Å². The van der Waals surface area contributed by atoms with Crippen molar-refractivity contribution in [3.63, 3.8) is 0 Å². The number of carbonyl (C=O) groups is 2. The summed E-state index contributed by atoms with van der Waals surface area (Å²) in [4.78, 5) is 26.4. The standard InChI is InChI=1S/C22H28FN3O2S/c1-15-8-10-19(11-9-15)25-21(27)14-29-16(2)22(28)24-13-20(26(3)4)17-6-5-7-18(23)12-17/h5-12,16,20H,13-14H2,1-4H3,(H,24,28)(H,25,27). The Morgan fingerprint density at radius 3 is 2.45 bits per heavy atom. The number of rotatable bonds is 9. The predicted octanol–water partition coefficient (Wildman–Crippen LogP) is 3.61. The molecule has 2 amide bonds. The summed E-state index contributed by atoms with van der Waals surface area (Å²) in [6.07, 6.45) is 0. The second-order valence-electron chi connectivity index (χ2n) is 7.15. The van der Waals surface area contributed by atoms with Crippen molar-refractivity contribution in [3.05, 3.63) is 65.5 Å². The summed E-state index contributed by atoms with van der Waals surface area (Å²) in [5, 5.41) is 5.35. The fraction of sp³-hybridized carbons (Fsp3) is 0.364. The molecule has 0 heterocycles. The van der Waals surface area contributed by atoms with Crippen LogP contribution in [0.1, 0.15) is 24.1 Å². The van der Waals surface area contributed by atoms with Gasteiger partial charge in [-0.1, -0.05) is 29.8 Å². The lowest BCUT2D eigenvalue weighted by atomic mass is 10.1. The molecule has 0 fully saturated rings. The molecule has 7 heteroatoms. The third-order valence-corrected chi connectivity index (χ3v) is 5.64. The molecule has 156 valence electrons. The largest absolute Gasteiger partial charge is 0.353 e. The van der Waals surface area contributed by atoms with E-state index in [1.165, 1.54) is 23.9 Å². The number of likely N-dealkylation sites (N-methyl/N-ethyl adjacent to an activating group) is 1. The van der Waals surface area contributed by atoms with E-state index in [-0.39, 0.29) is 34.7 Å². The molecule has 2 rings (SSSR count). The second-order valence-corrected chi connectivity index (χ2v) is 8.48. The first-order valence-corrected chi connectivity index (χ1v) is 10.5. The summed E-state index contributed by atoms with van der Waals surface area (Å²) >= 11 is 1.28. The maximum atomic E-state index is 13.5. The van der Waals surface area contributed by atoms with Crippen molar-refractivity contribution < 1.29 is 14.0 Å². The highest BCUT2D eigenvalue weighted by atomic mass is 32.2. The number of hydrogen-bond donors (Lipinski definition) is 2. The van der Waals surface area contributed by atoms with Crippen LogP contribution in [-0.2, 0) is 9.59 Å². The summed E-state index contributed by atoms with van der Waals surface area (Å²) in [5.41, 5.74) is 2.66. The van der Waals surface area contributed by atoms with Gasteiger partial charge in [-0.25, -0.2) is 4.39 Å². The van der Waals surface area contributed by atoms with Crippen molar-refractivity contribution in [1.29, 1.82) is 0 Å². The van der Waals surface area contributed by atoms with Crippen molar-refractivity contribution in [2.24, 2.45) is 0 Å². The first-order chi connectivity index (χ1) is 13.8. The molecule has 0 aliphatic rings. The number of hydrogen-bond acceptors (Lipinski definition) is 4. The van der Waals surface area contributed by atoms with Gasteiger partial charge in [0.1, 0.15) is 5.82 Å². The Morgan fingerprint density at radius 2 is 1.83 bits per heavy atom. The fourth-order valence-corrected chi connectivity index (χ4v) is 3.47. The van der Waals surface area contributed by atoms with Crippen LogP contribution in [0.5, 0.6) is 0 Å². The van der Waals surface area contributed by atoms with Crippen molar-refractivity contribution in [3.8, 4) is 0 Å². The molecule has 0 aromatic heterocycles. The van der Waals surface area contributed by atoms with Gasteiger partial charge in [0.2, 0.25) is 11.8 Å². The maximum absolute atomic E-state index is 13.5. The summed E-state index contributed by atoms with van der Waals surface area (Å²) in [6, 6.07) is 13.8. The normalized spacial score (nSPS) is 13.0. The van der Waals surface area contributed by atoms with Crippen molar-refractivity contribution >= 4 is 29.3 Å². The molecule has 0 radical (unpaired) electrons. The highest BCUT2D eigenvalue weighted by molar-refractivity contribution is 8.01. The van der Waals surface area contributed by atoms with Gasteiger partial charge in [-0.2, -0.15) is 0 Å². The second kappa shape index (κ2) is 11.0. The lowest BCUT2D eigenvalue weighted by molar-refractivity contribution is -0.120. The Hall–Kier alpha value is -2.38. The Labute approximate surface area is 176 Å².